The van der Waals surface area contributed by atoms with Crippen molar-refractivity contribution in [3.63, 3.8) is 0 Å². The number of imidazole rings is 1. The van der Waals surface area contributed by atoms with E-state index in [9.17, 15) is 0 Å². The van der Waals surface area contributed by atoms with Gasteiger partial charge in [-0.15, -0.1) is 11.8 Å². The first-order valence-corrected chi connectivity index (χ1v) is 6.31. The third-order valence-electron chi connectivity index (χ3n) is 2.14. The maximum absolute atomic E-state index is 5.63. The maximum Gasteiger partial charge on any atom is 0.248 e. The van der Waals surface area contributed by atoms with Crippen LogP contribution in [-0.2, 0) is 7.05 Å². The van der Waals surface area contributed by atoms with Crippen molar-refractivity contribution in [3.05, 3.63) is 6.33 Å². The number of anilines is 1. The fourth-order valence-corrected chi connectivity index (χ4v) is 1.78. The van der Waals surface area contributed by atoms with Crippen LogP contribution in [0.5, 0.6) is 5.88 Å². The van der Waals surface area contributed by atoms with Crippen LogP contribution in [0.4, 0.5) is 5.95 Å². The summed E-state index contributed by atoms with van der Waals surface area (Å²) in [5, 5.41) is 0.508. The Morgan fingerprint density at radius 3 is 2.94 bits per heavy atom. The molecule has 0 fully saturated rings. The minimum atomic E-state index is 0.200. The lowest BCUT2D eigenvalue weighted by atomic mass is 10.5. The molecule has 2 rings (SSSR count). The number of hydrogen-bond acceptors (Lipinski definition) is 6. The van der Waals surface area contributed by atoms with Gasteiger partial charge in [0.15, 0.2) is 11.2 Å². The number of aromatic nitrogens is 4. The summed E-state index contributed by atoms with van der Waals surface area (Å²) in [6.45, 7) is 4.22. The second-order valence-corrected chi connectivity index (χ2v) is 5.40. The van der Waals surface area contributed by atoms with E-state index in [0.717, 1.165) is 0 Å². The van der Waals surface area contributed by atoms with Crippen LogP contribution in [0.15, 0.2) is 6.33 Å². The molecule has 2 N–H and O–H groups in total. The van der Waals surface area contributed by atoms with E-state index >= 15 is 0 Å². The van der Waals surface area contributed by atoms with Crippen molar-refractivity contribution >= 4 is 28.9 Å². The standard InChI is InChI=1S/C10H15N5OS/c1-6(2)17-5-16-9-7-8(13-10(11)14-9)15(3)4-12-7/h4,6H,5H2,1-3H3,(H2,11,13,14). The summed E-state index contributed by atoms with van der Waals surface area (Å²) in [6.07, 6.45) is 1.67. The molecule has 0 aliphatic rings. The lowest BCUT2D eigenvalue weighted by molar-refractivity contribution is 0.381. The summed E-state index contributed by atoms with van der Waals surface area (Å²) >= 11 is 1.69. The van der Waals surface area contributed by atoms with Gasteiger partial charge in [0.05, 0.1) is 6.33 Å². The van der Waals surface area contributed by atoms with Crippen LogP contribution in [-0.4, -0.2) is 30.7 Å². The number of nitrogen functional groups attached to an aromatic ring is 1. The highest BCUT2D eigenvalue weighted by Gasteiger charge is 2.11. The first-order chi connectivity index (χ1) is 8.08. The average Bonchev–Trinajstić information content (AvgIpc) is 2.60. The molecule has 0 radical (unpaired) electrons. The molecule has 0 saturated carbocycles. The largest absolute Gasteiger partial charge is 0.465 e. The molecule has 2 aromatic heterocycles. The number of thioether (sulfide) groups is 1. The fourth-order valence-electron chi connectivity index (χ4n) is 1.32. The molecule has 0 aromatic carbocycles. The Morgan fingerprint density at radius 2 is 2.24 bits per heavy atom. The van der Waals surface area contributed by atoms with E-state index in [4.69, 9.17) is 10.5 Å². The number of nitrogens with two attached hydrogens (primary N) is 1. The van der Waals surface area contributed by atoms with Crippen LogP contribution in [0.2, 0.25) is 0 Å². The molecule has 0 unspecified atom stereocenters. The average molecular weight is 253 g/mol. The quantitative estimate of drug-likeness (QED) is 0.830. The minimum Gasteiger partial charge on any atom is -0.465 e. The van der Waals surface area contributed by atoms with Crippen molar-refractivity contribution < 1.29 is 4.74 Å². The molecule has 7 heteroatoms. The van der Waals surface area contributed by atoms with Crippen molar-refractivity contribution in [1.82, 2.24) is 19.5 Å². The third kappa shape index (κ3) is 2.60. The zero-order valence-electron chi connectivity index (χ0n) is 10.0. The van der Waals surface area contributed by atoms with Gasteiger partial charge >= 0.3 is 0 Å². The van der Waals surface area contributed by atoms with E-state index in [1.54, 1.807) is 22.7 Å². The van der Waals surface area contributed by atoms with Gasteiger partial charge in [0.2, 0.25) is 11.8 Å². The molecule has 2 heterocycles. The van der Waals surface area contributed by atoms with Crippen LogP contribution in [0.1, 0.15) is 13.8 Å². The first kappa shape index (κ1) is 12.0. The number of ether oxygens (including phenoxy) is 1. The van der Waals surface area contributed by atoms with E-state index in [1.165, 1.54) is 0 Å². The van der Waals surface area contributed by atoms with Gasteiger partial charge in [-0.1, -0.05) is 13.8 Å². The van der Waals surface area contributed by atoms with Gasteiger partial charge < -0.3 is 15.0 Å². The van der Waals surface area contributed by atoms with Gasteiger partial charge in [0.25, 0.3) is 0 Å². The highest BCUT2D eigenvalue weighted by Crippen LogP contribution is 2.22. The van der Waals surface area contributed by atoms with E-state index in [1.807, 2.05) is 7.05 Å². The molecule has 6 nitrogen and oxygen atoms in total. The van der Waals surface area contributed by atoms with Gasteiger partial charge in [-0.05, 0) is 0 Å². The number of hydrogen-bond donors (Lipinski definition) is 1. The van der Waals surface area contributed by atoms with Crippen LogP contribution in [0.25, 0.3) is 11.2 Å². The first-order valence-electron chi connectivity index (χ1n) is 5.27. The van der Waals surface area contributed by atoms with E-state index in [-0.39, 0.29) is 5.95 Å². The Balaban J connectivity index is 2.26. The summed E-state index contributed by atoms with van der Waals surface area (Å²) in [4.78, 5) is 12.4. The Labute approximate surface area is 104 Å². The molecule has 2 aromatic rings. The Bertz CT molecular complexity index is 525. The van der Waals surface area contributed by atoms with Crippen LogP contribution in [0, 0.1) is 0 Å². The molecule has 0 saturated heterocycles. The molecule has 0 aliphatic carbocycles. The van der Waals surface area contributed by atoms with E-state index in [0.29, 0.717) is 28.2 Å². The molecule has 0 amide bonds. The summed E-state index contributed by atoms with van der Waals surface area (Å²) in [7, 11) is 1.86. The highest BCUT2D eigenvalue weighted by molar-refractivity contribution is 7.99. The second kappa shape index (κ2) is 4.79. The van der Waals surface area contributed by atoms with Gasteiger partial charge in [-0.2, -0.15) is 9.97 Å². The normalized spacial score (nSPS) is 11.3. The van der Waals surface area contributed by atoms with Crippen molar-refractivity contribution in [3.8, 4) is 5.88 Å². The molecule has 92 valence electrons. The van der Waals surface area contributed by atoms with E-state index < -0.39 is 0 Å². The molecule has 0 atom stereocenters. The number of rotatable bonds is 4. The molecule has 17 heavy (non-hydrogen) atoms. The predicted molar refractivity (Wildman–Crippen MR) is 68.9 cm³/mol. The van der Waals surface area contributed by atoms with Crippen LogP contribution in [0.3, 0.4) is 0 Å². The summed E-state index contributed by atoms with van der Waals surface area (Å²) in [6, 6.07) is 0. The Kier molecular flexibility index (Phi) is 3.37. The van der Waals surface area contributed by atoms with Crippen molar-refractivity contribution in [1.29, 1.82) is 0 Å². The lowest BCUT2D eigenvalue weighted by Gasteiger charge is -2.07. The van der Waals surface area contributed by atoms with Gasteiger partial charge in [0.1, 0.15) is 5.94 Å². The molecular weight excluding hydrogens is 238 g/mol. The summed E-state index contributed by atoms with van der Waals surface area (Å²) in [5.41, 5.74) is 6.96. The highest BCUT2D eigenvalue weighted by atomic mass is 32.2. The third-order valence-corrected chi connectivity index (χ3v) is 3.06. The molecular formula is C10H15N5OS. The van der Waals surface area contributed by atoms with Gasteiger partial charge in [-0.25, -0.2) is 4.98 Å². The second-order valence-electron chi connectivity index (χ2n) is 3.89. The van der Waals surface area contributed by atoms with E-state index in [2.05, 4.69) is 28.8 Å². The van der Waals surface area contributed by atoms with Gasteiger partial charge in [0, 0.05) is 12.3 Å². The number of aryl methyl sites for hydroxylation is 1. The monoisotopic (exact) mass is 253 g/mol. The molecule has 0 spiro atoms. The van der Waals surface area contributed by atoms with Crippen LogP contribution < -0.4 is 10.5 Å². The summed E-state index contributed by atoms with van der Waals surface area (Å²) in [5.74, 6) is 1.17. The predicted octanol–water partition coefficient (Wildman–Crippen LogP) is 1.42. The van der Waals surface area contributed by atoms with Crippen molar-refractivity contribution in [2.24, 2.45) is 7.05 Å². The summed E-state index contributed by atoms with van der Waals surface area (Å²) < 4.78 is 7.37. The van der Waals surface area contributed by atoms with Crippen molar-refractivity contribution in [2.45, 2.75) is 19.1 Å². The number of nitrogens with zero attached hydrogens (tertiary/aromatic N) is 4. The Hall–Kier alpha value is -1.50. The number of fused-ring (bicyclic) bond motifs is 1. The maximum atomic E-state index is 5.63. The molecule has 0 bridgehead atoms. The SMILES string of the molecule is CC(C)SCOc1nc(N)nc2c1ncn2C. The zero-order valence-corrected chi connectivity index (χ0v) is 10.9. The van der Waals surface area contributed by atoms with Gasteiger partial charge in [-0.3, -0.25) is 0 Å². The molecule has 0 aliphatic heterocycles. The lowest BCUT2D eigenvalue weighted by Crippen LogP contribution is -2.04. The van der Waals surface area contributed by atoms with Crippen molar-refractivity contribution in [2.75, 3.05) is 11.7 Å². The minimum absolute atomic E-state index is 0.200. The fraction of sp³-hybridized carbons (Fsp3) is 0.500. The Morgan fingerprint density at radius 1 is 1.47 bits per heavy atom. The smallest absolute Gasteiger partial charge is 0.248 e. The zero-order chi connectivity index (χ0) is 12.4. The topological polar surface area (TPSA) is 78.8 Å². The van der Waals surface area contributed by atoms with Crippen LogP contribution >= 0.6 is 11.8 Å².